The Morgan fingerprint density at radius 3 is 2.43 bits per heavy atom. The lowest BCUT2D eigenvalue weighted by atomic mass is 10.00. The number of allylic oxidation sites excluding steroid dienone is 2. The average Bonchev–Trinajstić information content (AvgIpc) is 2.04. The van der Waals surface area contributed by atoms with Crippen LogP contribution < -0.4 is 0 Å². The molecule has 0 spiro atoms. The fourth-order valence-corrected chi connectivity index (χ4v) is 1.47. The maximum absolute atomic E-state index is 13.1. The van der Waals surface area contributed by atoms with Crippen LogP contribution in [0.5, 0.6) is 0 Å². The van der Waals surface area contributed by atoms with Crippen LogP contribution in [0.1, 0.15) is 27.2 Å². The number of hydrogen-bond donors (Lipinski definition) is 1. The second kappa shape index (κ2) is 5.45. The zero-order valence-electron chi connectivity index (χ0n) is 8.88. The van der Waals surface area contributed by atoms with Crippen LogP contribution in [0.15, 0.2) is 11.8 Å². The lowest BCUT2D eigenvalue weighted by Crippen LogP contribution is -2.19. The standard InChI is InChI=1S/C10H18FO2P/c1-4-7(6-14)8(12)5-9(13)10(2,3)11/h5,7,13H,4,6,14H2,1-3H3/b9-5-. The van der Waals surface area contributed by atoms with Gasteiger partial charge in [0.05, 0.1) is 0 Å². The van der Waals surface area contributed by atoms with Gasteiger partial charge in [-0.05, 0) is 26.4 Å². The number of carbonyl (C=O) groups excluding carboxylic acids is 1. The van der Waals surface area contributed by atoms with Crippen LogP contribution in [-0.4, -0.2) is 22.7 Å². The molecule has 0 saturated heterocycles. The van der Waals surface area contributed by atoms with E-state index in [1.807, 2.05) is 6.92 Å². The Hall–Kier alpha value is -0.430. The zero-order valence-corrected chi connectivity index (χ0v) is 10.0. The van der Waals surface area contributed by atoms with Crippen molar-refractivity contribution >= 4 is 15.0 Å². The van der Waals surface area contributed by atoms with Gasteiger partial charge in [-0.1, -0.05) is 6.92 Å². The Labute approximate surface area is 86.8 Å². The summed E-state index contributed by atoms with van der Waals surface area (Å²) in [5, 5.41) is 9.25. The van der Waals surface area contributed by atoms with E-state index in [9.17, 15) is 14.3 Å². The molecule has 0 saturated carbocycles. The highest BCUT2D eigenvalue weighted by Gasteiger charge is 2.23. The quantitative estimate of drug-likeness (QED) is 0.439. The third kappa shape index (κ3) is 4.19. The minimum absolute atomic E-state index is 0.149. The molecule has 0 rings (SSSR count). The molecular weight excluding hydrogens is 202 g/mol. The number of aliphatic hydroxyl groups excluding tert-OH is 1. The number of carbonyl (C=O) groups is 1. The highest BCUT2D eigenvalue weighted by Crippen LogP contribution is 2.19. The molecule has 0 amide bonds. The van der Waals surface area contributed by atoms with Gasteiger partial charge in [0.25, 0.3) is 0 Å². The smallest absolute Gasteiger partial charge is 0.162 e. The second-order valence-electron chi connectivity index (χ2n) is 3.75. The Morgan fingerprint density at radius 1 is 1.64 bits per heavy atom. The van der Waals surface area contributed by atoms with Crippen molar-refractivity contribution in [2.45, 2.75) is 32.9 Å². The average molecular weight is 220 g/mol. The highest BCUT2D eigenvalue weighted by atomic mass is 31.0. The van der Waals surface area contributed by atoms with Crippen LogP contribution in [0.3, 0.4) is 0 Å². The van der Waals surface area contributed by atoms with E-state index in [0.717, 1.165) is 6.08 Å². The van der Waals surface area contributed by atoms with Crippen molar-refractivity contribution in [3.05, 3.63) is 11.8 Å². The molecule has 4 heteroatoms. The molecule has 0 fully saturated rings. The van der Waals surface area contributed by atoms with Crippen LogP contribution in [0.4, 0.5) is 4.39 Å². The van der Waals surface area contributed by atoms with Gasteiger partial charge in [0.15, 0.2) is 11.5 Å². The first kappa shape index (κ1) is 13.6. The number of hydrogen-bond acceptors (Lipinski definition) is 2. The summed E-state index contributed by atoms with van der Waals surface area (Å²) < 4.78 is 13.1. The van der Waals surface area contributed by atoms with Crippen molar-refractivity contribution < 1.29 is 14.3 Å². The van der Waals surface area contributed by atoms with E-state index in [0.29, 0.717) is 12.6 Å². The molecule has 2 unspecified atom stereocenters. The van der Waals surface area contributed by atoms with Gasteiger partial charge in [0.1, 0.15) is 5.76 Å². The molecule has 0 aliphatic heterocycles. The molecule has 0 aromatic rings. The van der Waals surface area contributed by atoms with Crippen LogP contribution in [0.25, 0.3) is 0 Å². The van der Waals surface area contributed by atoms with Gasteiger partial charge in [-0.3, -0.25) is 4.79 Å². The summed E-state index contributed by atoms with van der Waals surface area (Å²) in [7, 11) is 2.47. The highest BCUT2D eigenvalue weighted by molar-refractivity contribution is 7.16. The first-order valence-electron chi connectivity index (χ1n) is 4.66. The fraction of sp³-hybridized carbons (Fsp3) is 0.700. The van der Waals surface area contributed by atoms with Crippen molar-refractivity contribution in [1.29, 1.82) is 0 Å². The Morgan fingerprint density at radius 2 is 2.14 bits per heavy atom. The lowest BCUT2D eigenvalue weighted by Gasteiger charge is -2.14. The minimum Gasteiger partial charge on any atom is -0.509 e. The molecule has 0 radical (unpaired) electrons. The molecule has 2 nitrogen and oxygen atoms in total. The number of ketones is 1. The molecule has 0 heterocycles. The van der Waals surface area contributed by atoms with Gasteiger partial charge in [-0.15, -0.1) is 9.24 Å². The normalized spacial score (nSPS) is 15.4. The fourth-order valence-electron chi connectivity index (χ4n) is 0.908. The SMILES string of the molecule is CCC(CP)C(=O)/C=C(\O)C(C)(C)F. The van der Waals surface area contributed by atoms with E-state index in [1.54, 1.807) is 0 Å². The summed E-state index contributed by atoms with van der Waals surface area (Å²) in [5.41, 5.74) is -1.84. The molecule has 0 bridgehead atoms. The van der Waals surface area contributed by atoms with Crippen LogP contribution in [0.2, 0.25) is 0 Å². The van der Waals surface area contributed by atoms with Crippen molar-refractivity contribution in [3.8, 4) is 0 Å². The van der Waals surface area contributed by atoms with Gasteiger partial charge in [0, 0.05) is 12.0 Å². The van der Waals surface area contributed by atoms with E-state index in [-0.39, 0.29) is 11.7 Å². The van der Waals surface area contributed by atoms with Gasteiger partial charge in [-0.2, -0.15) is 0 Å². The summed E-state index contributed by atoms with van der Waals surface area (Å²) in [6.45, 7) is 4.32. The molecule has 0 aliphatic carbocycles. The molecule has 14 heavy (non-hydrogen) atoms. The van der Waals surface area contributed by atoms with Gasteiger partial charge < -0.3 is 5.11 Å². The van der Waals surface area contributed by atoms with E-state index >= 15 is 0 Å². The predicted octanol–water partition coefficient (Wildman–Crippen LogP) is 2.65. The Kier molecular flexibility index (Phi) is 5.28. The molecule has 2 atom stereocenters. The van der Waals surface area contributed by atoms with E-state index in [1.165, 1.54) is 13.8 Å². The summed E-state index contributed by atoms with van der Waals surface area (Å²) in [6, 6.07) is 0. The molecule has 82 valence electrons. The molecule has 0 aliphatic rings. The van der Waals surface area contributed by atoms with Crippen LogP contribution in [0, 0.1) is 5.92 Å². The number of rotatable bonds is 5. The maximum atomic E-state index is 13.1. The molecule has 0 aromatic carbocycles. The summed E-state index contributed by atoms with van der Waals surface area (Å²) in [6.07, 6.45) is 2.32. The Balaban J connectivity index is 4.58. The monoisotopic (exact) mass is 220 g/mol. The molecule has 0 aromatic heterocycles. The summed E-state index contributed by atoms with van der Waals surface area (Å²) in [5.74, 6) is -0.866. The predicted molar refractivity (Wildman–Crippen MR) is 59.3 cm³/mol. The van der Waals surface area contributed by atoms with E-state index in [2.05, 4.69) is 9.24 Å². The van der Waals surface area contributed by atoms with Crippen molar-refractivity contribution in [2.75, 3.05) is 6.16 Å². The third-order valence-electron chi connectivity index (χ3n) is 2.07. The summed E-state index contributed by atoms with van der Waals surface area (Å²) >= 11 is 0. The second-order valence-corrected chi connectivity index (χ2v) is 4.22. The van der Waals surface area contributed by atoms with Gasteiger partial charge >= 0.3 is 0 Å². The van der Waals surface area contributed by atoms with Crippen molar-refractivity contribution in [3.63, 3.8) is 0 Å². The number of aliphatic hydroxyl groups is 1. The molecule has 1 N–H and O–H groups in total. The third-order valence-corrected chi connectivity index (χ3v) is 2.64. The minimum atomic E-state index is -1.84. The number of halogens is 1. The maximum Gasteiger partial charge on any atom is 0.162 e. The van der Waals surface area contributed by atoms with E-state index < -0.39 is 11.4 Å². The van der Waals surface area contributed by atoms with Crippen LogP contribution >= 0.6 is 9.24 Å². The largest absolute Gasteiger partial charge is 0.509 e. The zero-order chi connectivity index (χ0) is 11.4. The first-order valence-corrected chi connectivity index (χ1v) is 5.48. The Bertz CT molecular complexity index is 227. The lowest BCUT2D eigenvalue weighted by molar-refractivity contribution is -0.117. The van der Waals surface area contributed by atoms with Gasteiger partial charge in [0.2, 0.25) is 0 Å². The summed E-state index contributed by atoms with van der Waals surface area (Å²) in [4.78, 5) is 11.4. The van der Waals surface area contributed by atoms with E-state index in [4.69, 9.17) is 0 Å². The number of alkyl halides is 1. The molecular formula is C10H18FO2P. The topological polar surface area (TPSA) is 37.3 Å². The van der Waals surface area contributed by atoms with Crippen LogP contribution in [-0.2, 0) is 4.79 Å². The van der Waals surface area contributed by atoms with Crippen molar-refractivity contribution in [2.24, 2.45) is 5.92 Å². The first-order chi connectivity index (χ1) is 6.32. The van der Waals surface area contributed by atoms with Gasteiger partial charge in [-0.25, -0.2) is 4.39 Å². The van der Waals surface area contributed by atoms with Crippen molar-refractivity contribution in [1.82, 2.24) is 0 Å².